The van der Waals surface area contributed by atoms with Gasteiger partial charge in [0.15, 0.2) is 17.3 Å². The molecule has 0 fully saturated rings. The Balaban J connectivity index is 1.73. The average molecular weight is 385 g/mol. The van der Waals surface area contributed by atoms with E-state index in [-0.39, 0.29) is 11.8 Å². The highest BCUT2D eigenvalue weighted by atomic mass is 16.5. The monoisotopic (exact) mass is 385 g/mol. The van der Waals surface area contributed by atoms with Crippen LogP contribution in [-0.2, 0) is 4.79 Å². The summed E-state index contributed by atoms with van der Waals surface area (Å²) < 4.78 is 10.9. The van der Waals surface area contributed by atoms with Crippen LogP contribution in [0.4, 0.5) is 5.69 Å². The number of anilines is 1. The number of allylic oxidation sites excluding steroid dienone is 1. The highest BCUT2D eigenvalue weighted by molar-refractivity contribution is 6.12. The highest BCUT2D eigenvalue weighted by Crippen LogP contribution is 2.48. The zero-order chi connectivity index (χ0) is 20.0. The van der Waals surface area contributed by atoms with E-state index in [1.165, 1.54) is 21.9 Å². The van der Waals surface area contributed by atoms with Crippen molar-refractivity contribution < 1.29 is 14.3 Å². The van der Waals surface area contributed by atoms with Crippen molar-refractivity contribution in [1.29, 1.82) is 0 Å². The molecule has 1 atom stereocenters. The van der Waals surface area contributed by atoms with Gasteiger partial charge in [0, 0.05) is 23.2 Å². The van der Waals surface area contributed by atoms with Crippen LogP contribution in [0.15, 0.2) is 60.2 Å². The fraction of sp³-hybridized carbons (Fsp3) is 0.240. The molecule has 0 saturated heterocycles. The number of nitrogens with one attached hydrogen (secondary N) is 1. The minimum Gasteiger partial charge on any atom is -0.493 e. The summed E-state index contributed by atoms with van der Waals surface area (Å²) in [5.41, 5.74) is 5.35. The van der Waals surface area contributed by atoms with Crippen molar-refractivity contribution in [1.82, 2.24) is 0 Å². The Morgan fingerprint density at radius 1 is 0.931 bits per heavy atom. The summed E-state index contributed by atoms with van der Waals surface area (Å²) >= 11 is 0. The fourth-order valence-corrected chi connectivity index (χ4v) is 4.69. The minimum atomic E-state index is -0.189. The van der Waals surface area contributed by atoms with Crippen LogP contribution in [0.3, 0.4) is 0 Å². The van der Waals surface area contributed by atoms with Gasteiger partial charge in [-0.3, -0.25) is 4.79 Å². The summed E-state index contributed by atoms with van der Waals surface area (Å²) in [5.74, 6) is 1.58. The van der Waals surface area contributed by atoms with E-state index < -0.39 is 0 Å². The third-order valence-electron chi connectivity index (χ3n) is 6.02. The van der Waals surface area contributed by atoms with Crippen LogP contribution < -0.4 is 14.8 Å². The second-order valence-corrected chi connectivity index (χ2v) is 7.57. The van der Waals surface area contributed by atoms with Gasteiger partial charge in [-0.25, -0.2) is 0 Å². The number of benzene rings is 3. The van der Waals surface area contributed by atoms with E-state index in [0.717, 1.165) is 29.7 Å². The summed E-state index contributed by atoms with van der Waals surface area (Å²) in [6.07, 6.45) is 2.43. The normalized spacial score (nSPS) is 18.1. The summed E-state index contributed by atoms with van der Waals surface area (Å²) in [5, 5.41) is 6.04. The molecule has 146 valence electrons. The maximum Gasteiger partial charge on any atom is 0.161 e. The Morgan fingerprint density at radius 2 is 1.76 bits per heavy atom. The molecule has 5 rings (SSSR count). The minimum absolute atomic E-state index is 0.189. The lowest BCUT2D eigenvalue weighted by Gasteiger charge is -2.35. The number of methoxy groups -OCH3 is 2. The van der Waals surface area contributed by atoms with Gasteiger partial charge in [-0.05, 0) is 52.9 Å². The molecule has 0 radical (unpaired) electrons. The summed E-state index contributed by atoms with van der Waals surface area (Å²) in [7, 11) is 3.26. The van der Waals surface area contributed by atoms with Crippen molar-refractivity contribution >= 4 is 27.8 Å². The third-order valence-corrected chi connectivity index (χ3v) is 6.02. The fourth-order valence-electron chi connectivity index (χ4n) is 4.69. The molecule has 4 nitrogen and oxygen atoms in total. The molecule has 4 heteroatoms. The Kier molecular flexibility index (Phi) is 4.27. The first-order valence-electron chi connectivity index (χ1n) is 9.98. The number of rotatable bonds is 3. The first-order valence-corrected chi connectivity index (χ1v) is 9.98. The predicted molar refractivity (Wildman–Crippen MR) is 116 cm³/mol. The van der Waals surface area contributed by atoms with Crippen molar-refractivity contribution in [2.24, 2.45) is 0 Å². The van der Waals surface area contributed by atoms with Gasteiger partial charge in [0.05, 0.1) is 20.3 Å². The lowest BCUT2D eigenvalue weighted by atomic mass is 9.77. The molecule has 0 aromatic heterocycles. The lowest BCUT2D eigenvalue weighted by molar-refractivity contribution is -0.116. The smallest absolute Gasteiger partial charge is 0.161 e. The number of hydrogen-bond donors (Lipinski definition) is 1. The van der Waals surface area contributed by atoms with Gasteiger partial charge in [0.1, 0.15) is 0 Å². The number of carbonyl (C=O) groups is 1. The molecule has 3 aromatic rings. The zero-order valence-electron chi connectivity index (χ0n) is 16.6. The molecule has 0 amide bonds. The van der Waals surface area contributed by atoms with E-state index in [9.17, 15) is 4.79 Å². The standard InChI is InChI=1S/C25H23NO3/c1-28-21-13-11-16(14-22(21)29-2)25-24-18(8-5-9-20(24)27)23-17-7-4-3-6-15(17)10-12-19(23)26-25/h3-4,6-7,10-14,25-26H,5,8-9H2,1-2H3/t25-/m1/s1. The number of fused-ring (bicyclic) bond motifs is 4. The maximum absolute atomic E-state index is 13.1. The van der Waals surface area contributed by atoms with Crippen LogP contribution in [0.5, 0.6) is 11.5 Å². The Bertz CT molecular complexity index is 1160. The molecular formula is C25H23NO3. The number of ketones is 1. The van der Waals surface area contributed by atoms with Crippen molar-refractivity contribution in [2.45, 2.75) is 25.3 Å². The van der Waals surface area contributed by atoms with Crippen LogP contribution in [-0.4, -0.2) is 20.0 Å². The first-order chi connectivity index (χ1) is 14.2. The van der Waals surface area contributed by atoms with Crippen molar-refractivity contribution in [3.63, 3.8) is 0 Å². The Labute approximate surface area is 170 Å². The number of ether oxygens (including phenoxy) is 2. The van der Waals surface area contributed by atoms with Gasteiger partial charge in [0.25, 0.3) is 0 Å². The molecule has 0 bridgehead atoms. The van der Waals surface area contributed by atoms with E-state index in [4.69, 9.17) is 9.47 Å². The second-order valence-electron chi connectivity index (χ2n) is 7.57. The van der Waals surface area contributed by atoms with Crippen LogP contribution in [0.25, 0.3) is 16.3 Å². The molecule has 0 saturated carbocycles. The average Bonchev–Trinajstić information content (AvgIpc) is 2.77. The van der Waals surface area contributed by atoms with Crippen LogP contribution in [0.2, 0.25) is 0 Å². The van der Waals surface area contributed by atoms with E-state index in [1.807, 2.05) is 18.2 Å². The molecule has 2 aliphatic rings. The van der Waals surface area contributed by atoms with Crippen molar-refractivity contribution in [2.75, 3.05) is 19.5 Å². The van der Waals surface area contributed by atoms with Gasteiger partial charge in [-0.15, -0.1) is 0 Å². The maximum atomic E-state index is 13.1. The molecule has 0 spiro atoms. The molecule has 1 N–H and O–H groups in total. The molecule has 29 heavy (non-hydrogen) atoms. The van der Waals surface area contributed by atoms with Gasteiger partial charge in [-0.2, -0.15) is 0 Å². The Hall–Kier alpha value is -3.27. The summed E-state index contributed by atoms with van der Waals surface area (Å²) in [4.78, 5) is 13.1. The van der Waals surface area contributed by atoms with Crippen LogP contribution in [0.1, 0.15) is 36.4 Å². The van der Waals surface area contributed by atoms with Gasteiger partial charge in [0.2, 0.25) is 0 Å². The van der Waals surface area contributed by atoms with E-state index in [0.29, 0.717) is 17.9 Å². The molecule has 1 aliphatic carbocycles. The van der Waals surface area contributed by atoms with Crippen LogP contribution >= 0.6 is 0 Å². The number of carbonyl (C=O) groups excluding carboxylic acids is 1. The predicted octanol–water partition coefficient (Wildman–Crippen LogP) is 5.53. The van der Waals surface area contributed by atoms with E-state index >= 15 is 0 Å². The number of Topliss-reactive ketones (excluding diaryl/α,β-unsaturated/α-hetero) is 1. The molecule has 1 heterocycles. The van der Waals surface area contributed by atoms with Crippen molar-refractivity contribution in [3.8, 4) is 11.5 Å². The first kappa shape index (κ1) is 17.8. The topological polar surface area (TPSA) is 47.6 Å². The largest absolute Gasteiger partial charge is 0.493 e. The van der Waals surface area contributed by atoms with Gasteiger partial charge < -0.3 is 14.8 Å². The van der Waals surface area contributed by atoms with E-state index in [1.54, 1.807) is 14.2 Å². The second kappa shape index (κ2) is 6.96. The SMILES string of the molecule is COc1ccc([C@H]2Nc3ccc4ccccc4c3C3=C2C(=O)CCC3)cc1OC. The molecule has 1 aliphatic heterocycles. The van der Waals surface area contributed by atoms with Crippen LogP contribution in [0, 0.1) is 0 Å². The van der Waals surface area contributed by atoms with E-state index in [2.05, 4.69) is 41.7 Å². The summed E-state index contributed by atoms with van der Waals surface area (Å²) in [6, 6.07) is 18.4. The number of hydrogen-bond acceptors (Lipinski definition) is 4. The van der Waals surface area contributed by atoms with Gasteiger partial charge >= 0.3 is 0 Å². The Morgan fingerprint density at radius 3 is 2.59 bits per heavy atom. The quantitative estimate of drug-likeness (QED) is 0.644. The molecule has 3 aromatic carbocycles. The molecular weight excluding hydrogens is 362 g/mol. The zero-order valence-corrected chi connectivity index (χ0v) is 16.6. The summed E-state index contributed by atoms with van der Waals surface area (Å²) in [6.45, 7) is 0. The lowest BCUT2D eigenvalue weighted by Crippen LogP contribution is -2.27. The van der Waals surface area contributed by atoms with Crippen molar-refractivity contribution in [3.05, 3.63) is 71.3 Å². The highest BCUT2D eigenvalue weighted by Gasteiger charge is 2.35. The third kappa shape index (κ3) is 2.79. The van der Waals surface area contributed by atoms with Gasteiger partial charge in [-0.1, -0.05) is 36.4 Å². The molecule has 0 unspecified atom stereocenters.